The maximum Gasteiger partial charge on any atom is 0.122 e. The SMILES string of the molecule is COc1ccccc1C1CC1c1ccc(Cl)cc1. The molecule has 1 saturated carbocycles. The van der Waals surface area contributed by atoms with Gasteiger partial charge in [0.2, 0.25) is 0 Å². The molecule has 1 aliphatic rings. The molecule has 2 aromatic carbocycles. The first-order valence-electron chi connectivity index (χ1n) is 6.18. The molecule has 18 heavy (non-hydrogen) atoms. The van der Waals surface area contributed by atoms with Crippen molar-refractivity contribution in [1.82, 2.24) is 0 Å². The average molecular weight is 259 g/mol. The van der Waals surface area contributed by atoms with Gasteiger partial charge in [-0.15, -0.1) is 0 Å². The highest BCUT2D eigenvalue weighted by Crippen LogP contribution is 2.56. The van der Waals surface area contributed by atoms with Gasteiger partial charge in [0, 0.05) is 5.02 Å². The Balaban J connectivity index is 1.83. The summed E-state index contributed by atoms with van der Waals surface area (Å²) in [7, 11) is 1.73. The van der Waals surface area contributed by atoms with Gasteiger partial charge >= 0.3 is 0 Å². The fraction of sp³-hybridized carbons (Fsp3) is 0.250. The van der Waals surface area contributed by atoms with Crippen LogP contribution in [0.3, 0.4) is 0 Å². The predicted octanol–water partition coefficient (Wildman–Crippen LogP) is 4.62. The van der Waals surface area contributed by atoms with E-state index in [0.717, 1.165) is 10.8 Å². The lowest BCUT2D eigenvalue weighted by Crippen LogP contribution is -1.90. The van der Waals surface area contributed by atoms with E-state index >= 15 is 0 Å². The molecule has 0 spiro atoms. The normalized spacial score (nSPS) is 21.7. The summed E-state index contributed by atoms with van der Waals surface area (Å²) in [6, 6.07) is 16.5. The number of ether oxygens (including phenoxy) is 1. The minimum Gasteiger partial charge on any atom is -0.496 e. The Bertz CT molecular complexity index is 547. The Hall–Kier alpha value is -1.47. The lowest BCUT2D eigenvalue weighted by atomic mass is 10.0. The lowest BCUT2D eigenvalue weighted by molar-refractivity contribution is 0.409. The van der Waals surface area contributed by atoms with Crippen molar-refractivity contribution < 1.29 is 4.74 Å². The summed E-state index contributed by atoms with van der Waals surface area (Å²) in [6.07, 6.45) is 1.20. The van der Waals surface area contributed by atoms with Gasteiger partial charge in [-0.25, -0.2) is 0 Å². The Morgan fingerprint density at radius 2 is 1.72 bits per heavy atom. The second-order valence-electron chi connectivity index (χ2n) is 4.74. The molecule has 0 radical (unpaired) electrons. The van der Waals surface area contributed by atoms with Gasteiger partial charge in [0.25, 0.3) is 0 Å². The smallest absolute Gasteiger partial charge is 0.122 e. The van der Waals surface area contributed by atoms with E-state index in [9.17, 15) is 0 Å². The fourth-order valence-electron chi connectivity index (χ4n) is 2.59. The van der Waals surface area contributed by atoms with Crippen LogP contribution < -0.4 is 4.74 Å². The first-order valence-corrected chi connectivity index (χ1v) is 6.56. The number of para-hydroxylation sites is 1. The Labute approximate surface area is 112 Å². The minimum absolute atomic E-state index is 0.585. The number of hydrogen-bond acceptors (Lipinski definition) is 1. The molecule has 3 rings (SSSR count). The maximum absolute atomic E-state index is 5.92. The van der Waals surface area contributed by atoms with E-state index < -0.39 is 0 Å². The molecule has 0 heterocycles. The van der Waals surface area contributed by atoms with Gasteiger partial charge in [0.15, 0.2) is 0 Å². The highest BCUT2D eigenvalue weighted by molar-refractivity contribution is 6.30. The Morgan fingerprint density at radius 3 is 2.44 bits per heavy atom. The summed E-state index contributed by atoms with van der Waals surface area (Å²) in [5, 5.41) is 0.799. The first kappa shape index (κ1) is 11.6. The molecule has 2 aromatic rings. The fourth-order valence-corrected chi connectivity index (χ4v) is 2.72. The van der Waals surface area contributed by atoms with Crippen LogP contribution in [-0.2, 0) is 0 Å². The molecule has 0 saturated heterocycles. The molecule has 0 N–H and O–H groups in total. The largest absolute Gasteiger partial charge is 0.496 e. The van der Waals surface area contributed by atoms with Crippen LogP contribution in [-0.4, -0.2) is 7.11 Å². The molecule has 0 amide bonds. The van der Waals surface area contributed by atoms with Crippen LogP contribution >= 0.6 is 11.6 Å². The summed E-state index contributed by atoms with van der Waals surface area (Å²) >= 11 is 5.92. The summed E-state index contributed by atoms with van der Waals surface area (Å²) < 4.78 is 5.43. The van der Waals surface area contributed by atoms with E-state index in [2.05, 4.69) is 24.3 Å². The molecule has 1 nitrogen and oxygen atoms in total. The lowest BCUT2D eigenvalue weighted by Gasteiger charge is -2.07. The predicted molar refractivity (Wildman–Crippen MR) is 74.5 cm³/mol. The number of hydrogen-bond donors (Lipinski definition) is 0. The zero-order valence-corrected chi connectivity index (χ0v) is 11.0. The van der Waals surface area contributed by atoms with Gasteiger partial charge in [-0.05, 0) is 47.6 Å². The van der Waals surface area contributed by atoms with Crippen LogP contribution in [0.1, 0.15) is 29.4 Å². The van der Waals surface area contributed by atoms with Crippen molar-refractivity contribution in [3.05, 3.63) is 64.7 Å². The van der Waals surface area contributed by atoms with Gasteiger partial charge in [-0.1, -0.05) is 41.9 Å². The van der Waals surface area contributed by atoms with Crippen LogP contribution in [0.5, 0.6) is 5.75 Å². The maximum atomic E-state index is 5.92. The van der Waals surface area contributed by atoms with Gasteiger partial charge in [0.1, 0.15) is 5.75 Å². The van der Waals surface area contributed by atoms with Gasteiger partial charge in [-0.2, -0.15) is 0 Å². The highest BCUT2D eigenvalue weighted by Gasteiger charge is 2.40. The molecule has 0 aliphatic heterocycles. The topological polar surface area (TPSA) is 9.23 Å². The summed E-state index contributed by atoms with van der Waals surface area (Å²) in [4.78, 5) is 0. The number of rotatable bonds is 3. The van der Waals surface area contributed by atoms with E-state index in [1.165, 1.54) is 17.5 Å². The molecular formula is C16H15ClO. The van der Waals surface area contributed by atoms with E-state index in [0.29, 0.717) is 11.8 Å². The van der Waals surface area contributed by atoms with E-state index in [1.807, 2.05) is 24.3 Å². The summed E-state index contributed by atoms with van der Waals surface area (Å²) in [5.74, 6) is 2.19. The summed E-state index contributed by atoms with van der Waals surface area (Å²) in [5.41, 5.74) is 2.69. The molecule has 92 valence electrons. The highest BCUT2D eigenvalue weighted by atomic mass is 35.5. The second kappa shape index (κ2) is 4.66. The Kier molecular flexibility index (Phi) is 3.00. The molecular weight excluding hydrogens is 244 g/mol. The molecule has 1 aliphatic carbocycles. The van der Waals surface area contributed by atoms with Crippen LogP contribution in [0, 0.1) is 0 Å². The van der Waals surface area contributed by atoms with E-state index in [4.69, 9.17) is 16.3 Å². The van der Waals surface area contributed by atoms with Gasteiger partial charge in [-0.3, -0.25) is 0 Å². The number of halogens is 1. The van der Waals surface area contributed by atoms with Crippen LogP contribution in [0.4, 0.5) is 0 Å². The van der Waals surface area contributed by atoms with E-state index in [1.54, 1.807) is 7.11 Å². The number of methoxy groups -OCH3 is 1. The third-order valence-corrected chi connectivity index (χ3v) is 3.88. The van der Waals surface area contributed by atoms with Crippen LogP contribution in [0.15, 0.2) is 48.5 Å². The zero-order valence-electron chi connectivity index (χ0n) is 10.3. The van der Waals surface area contributed by atoms with E-state index in [-0.39, 0.29) is 0 Å². The van der Waals surface area contributed by atoms with Crippen molar-refractivity contribution in [3.63, 3.8) is 0 Å². The third-order valence-electron chi connectivity index (χ3n) is 3.63. The number of benzene rings is 2. The minimum atomic E-state index is 0.585. The van der Waals surface area contributed by atoms with Crippen molar-refractivity contribution in [1.29, 1.82) is 0 Å². The van der Waals surface area contributed by atoms with Gasteiger partial charge < -0.3 is 4.74 Å². The standard InChI is InChI=1S/C16H15ClO/c1-18-16-5-3-2-4-13(16)15-10-14(15)11-6-8-12(17)9-7-11/h2-9,14-15H,10H2,1H3. The molecule has 2 atom stereocenters. The first-order chi connectivity index (χ1) is 8.79. The molecule has 0 aromatic heterocycles. The van der Waals surface area contributed by atoms with Crippen LogP contribution in [0.2, 0.25) is 5.02 Å². The van der Waals surface area contributed by atoms with Crippen molar-refractivity contribution in [2.45, 2.75) is 18.3 Å². The van der Waals surface area contributed by atoms with Crippen molar-refractivity contribution in [3.8, 4) is 5.75 Å². The monoisotopic (exact) mass is 258 g/mol. The molecule has 2 unspecified atom stereocenters. The third kappa shape index (κ3) is 2.11. The van der Waals surface area contributed by atoms with Gasteiger partial charge in [0.05, 0.1) is 7.11 Å². The molecule has 0 bridgehead atoms. The molecule has 2 heteroatoms. The average Bonchev–Trinajstić information content (AvgIpc) is 3.20. The van der Waals surface area contributed by atoms with Crippen LogP contribution in [0.25, 0.3) is 0 Å². The Morgan fingerprint density at radius 1 is 1.00 bits per heavy atom. The van der Waals surface area contributed by atoms with Crippen molar-refractivity contribution >= 4 is 11.6 Å². The van der Waals surface area contributed by atoms with Crippen molar-refractivity contribution in [2.24, 2.45) is 0 Å². The zero-order chi connectivity index (χ0) is 12.5. The quantitative estimate of drug-likeness (QED) is 0.781. The van der Waals surface area contributed by atoms with Crippen molar-refractivity contribution in [2.75, 3.05) is 7.11 Å². The summed E-state index contributed by atoms with van der Waals surface area (Å²) in [6.45, 7) is 0. The second-order valence-corrected chi connectivity index (χ2v) is 5.18. The molecule has 1 fully saturated rings.